The Hall–Kier alpha value is -3.80. The molecule has 4 heterocycles. The summed E-state index contributed by atoms with van der Waals surface area (Å²) in [6, 6.07) is 8.33. The first kappa shape index (κ1) is 21.7. The normalized spacial score (nSPS) is 17.1. The molecule has 0 saturated carbocycles. The van der Waals surface area contributed by atoms with Gasteiger partial charge in [-0.3, -0.25) is 10.2 Å². The van der Waals surface area contributed by atoms with Gasteiger partial charge in [-0.05, 0) is 36.8 Å². The average molecular weight is 500 g/mol. The number of carbonyl (C=O) groups is 1. The number of hydrogen-bond donors (Lipinski definition) is 1. The maximum absolute atomic E-state index is 13.5. The molecule has 2 aromatic heterocycles. The number of nitrogens with zero attached hydrogens (tertiary/aromatic N) is 5. The molecule has 4 aromatic rings. The van der Waals surface area contributed by atoms with Crippen LogP contribution in [-0.2, 0) is 6.18 Å². The Morgan fingerprint density at radius 3 is 2.83 bits per heavy atom. The second-order valence-electron chi connectivity index (χ2n) is 8.30. The monoisotopic (exact) mass is 500 g/mol. The minimum absolute atomic E-state index is 0.0885. The van der Waals surface area contributed by atoms with Crippen LogP contribution in [0.15, 0.2) is 48.7 Å². The Labute approximate surface area is 200 Å². The maximum atomic E-state index is 13.5. The van der Waals surface area contributed by atoms with Crippen molar-refractivity contribution >= 4 is 44.2 Å². The zero-order valence-corrected chi connectivity index (χ0v) is 18.7. The number of hydrogen-bond acceptors (Lipinski definition) is 6. The lowest BCUT2D eigenvalue weighted by Crippen LogP contribution is -2.48. The van der Waals surface area contributed by atoms with Gasteiger partial charge in [-0.15, -0.1) is 0 Å². The van der Waals surface area contributed by atoms with E-state index >= 15 is 0 Å². The fourth-order valence-electron chi connectivity index (χ4n) is 4.45. The summed E-state index contributed by atoms with van der Waals surface area (Å²) in [7, 11) is 0. The molecule has 1 fully saturated rings. The smallest absolute Gasteiger partial charge is 0.365 e. The van der Waals surface area contributed by atoms with Crippen LogP contribution in [0.25, 0.3) is 21.6 Å². The number of benzene rings is 2. The molecule has 1 atom stereocenters. The third-order valence-corrected chi connectivity index (χ3v) is 7.01. The van der Waals surface area contributed by atoms with Crippen LogP contribution < -0.4 is 15.1 Å². The molecule has 0 radical (unpaired) electrons. The topological polar surface area (TPSA) is 74.2 Å². The van der Waals surface area contributed by atoms with Crippen molar-refractivity contribution in [2.75, 3.05) is 28.2 Å². The number of thiazole rings is 1. The summed E-state index contributed by atoms with van der Waals surface area (Å²) in [4.78, 5) is 30.1. The maximum Gasteiger partial charge on any atom is 0.416 e. The first-order valence-corrected chi connectivity index (χ1v) is 11.5. The van der Waals surface area contributed by atoms with E-state index in [9.17, 15) is 22.4 Å². The molecule has 1 saturated heterocycles. The number of nitrogens with one attached hydrogen (secondary N) is 1. The molecule has 12 heteroatoms. The van der Waals surface area contributed by atoms with Gasteiger partial charge in [0.1, 0.15) is 5.82 Å². The first-order valence-electron chi connectivity index (χ1n) is 10.7. The summed E-state index contributed by atoms with van der Waals surface area (Å²) >= 11 is 1.15. The summed E-state index contributed by atoms with van der Waals surface area (Å²) in [5.41, 5.74) is 0.592. The Balaban J connectivity index is 1.36. The van der Waals surface area contributed by atoms with Gasteiger partial charge in [-0.25, -0.2) is 24.1 Å². The Kier molecular flexibility index (Phi) is 4.88. The lowest BCUT2D eigenvalue weighted by atomic mass is 10.1. The number of carbonyl (C=O) groups excluding carboxylic acids is 1. The molecule has 0 spiro atoms. The summed E-state index contributed by atoms with van der Waals surface area (Å²) < 4.78 is 53.8. The van der Waals surface area contributed by atoms with Crippen molar-refractivity contribution in [3.8, 4) is 11.4 Å². The lowest BCUT2D eigenvalue weighted by Gasteiger charge is -2.35. The molecular weight excluding hydrogens is 484 g/mol. The summed E-state index contributed by atoms with van der Waals surface area (Å²) in [5.74, 6) is 0.0188. The molecule has 2 aromatic carbocycles. The van der Waals surface area contributed by atoms with Crippen molar-refractivity contribution < 1.29 is 22.4 Å². The van der Waals surface area contributed by atoms with E-state index in [1.165, 1.54) is 35.2 Å². The molecule has 1 N–H and O–H groups in total. The average Bonchev–Trinajstić information content (AvgIpc) is 3.42. The molecule has 35 heavy (non-hydrogen) atoms. The number of anilines is 3. The van der Waals surface area contributed by atoms with E-state index in [1.54, 1.807) is 6.20 Å². The minimum Gasteiger partial charge on any atom is -0.365 e. The fourth-order valence-corrected chi connectivity index (χ4v) is 5.33. The van der Waals surface area contributed by atoms with Crippen molar-refractivity contribution in [3.05, 3.63) is 60.0 Å². The molecule has 0 aliphatic carbocycles. The van der Waals surface area contributed by atoms with Crippen LogP contribution in [0.3, 0.4) is 0 Å². The van der Waals surface area contributed by atoms with Crippen LogP contribution in [0.1, 0.15) is 12.0 Å². The second kappa shape index (κ2) is 7.87. The van der Waals surface area contributed by atoms with Gasteiger partial charge in [0.15, 0.2) is 16.8 Å². The number of fused-ring (bicyclic) bond motifs is 5. The molecule has 7 nitrogen and oxygen atoms in total. The van der Waals surface area contributed by atoms with Gasteiger partial charge in [0.25, 0.3) is 0 Å². The number of halogens is 4. The van der Waals surface area contributed by atoms with Crippen molar-refractivity contribution in [2.24, 2.45) is 0 Å². The summed E-state index contributed by atoms with van der Waals surface area (Å²) in [6.45, 7) is 1.30. The molecule has 2 aliphatic rings. The molecule has 2 amide bonds. The van der Waals surface area contributed by atoms with Crippen LogP contribution in [0, 0.1) is 5.82 Å². The Morgan fingerprint density at radius 2 is 2.00 bits per heavy atom. The highest BCUT2D eigenvalue weighted by atomic mass is 32.1. The highest BCUT2D eigenvalue weighted by Gasteiger charge is 2.41. The van der Waals surface area contributed by atoms with Crippen LogP contribution >= 0.6 is 11.3 Å². The van der Waals surface area contributed by atoms with E-state index in [-0.39, 0.29) is 17.4 Å². The van der Waals surface area contributed by atoms with Gasteiger partial charge in [-0.1, -0.05) is 23.5 Å². The molecule has 178 valence electrons. The SMILES string of the molecule is O=C(Nc1nc2ccc(F)cc2s1)N1c2nc(-c3cccc(C(F)(F)F)c3)ncc2N2CCC1C2. The summed E-state index contributed by atoms with van der Waals surface area (Å²) in [5, 5.41) is 3.09. The van der Waals surface area contributed by atoms with Crippen molar-refractivity contribution in [3.63, 3.8) is 0 Å². The first-order chi connectivity index (χ1) is 16.8. The van der Waals surface area contributed by atoms with E-state index in [2.05, 4.69) is 25.2 Å². The summed E-state index contributed by atoms with van der Waals surface area (Å²) in [6.07, 6.45) is -2.25. The Morgan fingerprint density at radius 1 is 1.14 bits per heavy atom. The zero-order valence-electron chi connectivity index (χ0n) is 17.9. The highest BCUT2D eigenvalue weighted by molar-refractivity contribution is 7.22. The van der Waals surface area contributed by atoms with Gasteiger partial charge < -0.3 is 4.90 Å². The van der Waals surface area contributed by atoms with Crippen molar-refractivity contribution in [1.82, 2.24) is 15.0 Å². The minimum atomic E-state index is -4.50. The van der Waals surface area contributed by atoms with Gasteiger partial charge in [0.2, 0.25) is 0 Å². The quantitative estimate of drug-likeness (QED) is 0.366. The fraction of sp³-hybridized carbons (Fsp3) is 0.217. The van der Waals surface area contributed by atoms with E-state index in [1.807, 2.05) is 0 Å². The predicted octanol–water partition coefficient (Wildman–Crippen LogP) is 5.54. The van der Waals surface area contributed by atoms with Crippen molar-refractivity contribution in [1.29, 1.82) is 0 Å². The third kappa shape index (κ3) is 3.83. The number of aromatic nitrogens is 3. The largest absolute Gasteiger partial charge is 0.416 e. The van der Waals surface area contributed by atoms with Gasteiger partial charge in [0, 0.05) is 18.7 Å². The van der Waals surface area contributed by atoms with E-state index < -0.39 is 23.6 Å². The zero-order chi connectivity index (χ0) is 24.3. The van der Waals surface area contributed by atoms with Gasteiger partial charge in [-0.2, -0.15) is 13.2 Å². The molecule has 6 rings (SSSR count). The molecule has 2 aliphatic heterocycles. The number of urea groups is 1. The number of alkyl halides is 3. The van der Waals surface area contributed by atoms with Crippen LogP contribution in [-0.4, -0.2) is 40.1 Å². The third-order valence-electron chi connectivity index (χ3n) is 6.08. The second-order valence-corrected chi connectivity index (χ2v) is 9.33. The molecular formula is C23H16F4N6OS. The van der Waals surface area contributed by atoms with Gasteiger partial charge in [0.05, 0.1) is 33.7 Å². The number of rotatable bonds is 2. The molecule has 2 bridgehead atoms. The van der Waals surface area contributed by atoms with Gasteiger partial charge >= 0.3 is 12.2 Å². The highest BCUT2D eigenvalue weighted by Crippen LogP contribution is 2.40. The van der Waals surface area contributed by atoms with E-state index in [0.29, 0.717) is 46.4 Å². The Bertz CT molecular complexity index is 1470. The lowest BCUT2D eigenvalue weighted by molar-refractivity contribution is -0.137. The molecule has 1 unspecified atom stereocenters. The van der Waals surface area contributed by atoms with Crippen LogP contribution in [0.4, 0.5) is 39.0 Å². The van der Waals surface area contributed by atoms with Crippen LogP contribution in [0.5, 0.6) is 0 Å². The van der Waals surface area contributed by atoms with E-state index in [0.717, 1.165) is 23.5 Å². The van der Waals surface area contributed by atoms with E-state index in [4.69, 9.17) is 0 Å². The van der Waals surface area contributed by atoms with Crippen LogP contribution in [0.2, 0.25) is 0 Å². The predicted molar refractivity (Wildman–Crippen MR) is 124 cm³/mol. The standard InChI is InChI=1S/C23H16F4N6OS/c24-14-4-5-16-18(9-14)35-21(29-16)31-22(34)33-15-6-7-32(11-15)17-10-28-19(30-20(17)33)12-2-1-3-13(8-12)23(25,26)27/h1-5,8-10,15H,6-7,11H2,(H,29,31,34). The van der Waals surface area contributed by atoms with Crippen molar-refractivity contribution in [2.45, 2.75) is 18.6 Å². The number of amides is 2.